The minimum atomic E-state index is 0.923. The lowest BCUT2D eigenvalue weighted by atomic mass is 9.87. The molecule has 9 aromatic carbocycles. The summed E-state index contributed by atoms with van der Waals surface area (Å²) in [5, 5.41) is 9.58. The summed E-state index contributed by atoms with van der Waals surface area (Å²) in [5.74, 6) is 0. The van der Waals surface area contributed by atoms with Gasteiger partial charge in [0.05, 0.1) is 16.7 Å². The van der Waals surface area contributed by atoms with Gasteiger partial charge in [-0.2, -0.15) is 0 Å². The number of benzene rings is 9. The van der Waals surface area contributed by atoms with Crippen LogP contribution in [0.15, 0.2) is 219 Å². The van der Waals surface area contributed by atoms with Gasteiger partial charge >= 0.3 is 0 Å². The van der Waals surface area contributed by atoms with Crippen molar-refractivity contribution < 1.29 is 0 Å². The minimum Gasteiger partial charge on any atom is -0.254 e. The highest BCUT2D eigenvalue weighted by Crippen LogP contribution is 2.54. The van der Waals surface area contributed by atoms with Crippen molar-refractivity contribution in [1.82, 2.24) is 9.97 Å². The second-order valence-corrected chi connectivity index (χ2v) is 16.6. The van der Waals surface area contributed by atoms with Gasteiger partial charge in [0.25, 0.3) is 0 Å². The molecule has 0 radical (unpaired) electrons. The maximum absolute atomic E-state index is 5.26. The Morgan fingerprint density at radius 2 is 0.869 bits per heavy atom. The predicted octanol–water partition coefficient (Wildman–Crippen LogP) is 16.3. The summed E-state index contributed by atoms with van der Waals surface area (Å²) in [5.41, 5.74) is 13.6. The molecule has 0 saturated heterocycles. The first-order chi connectivity index (χ1) is 30.3. The highest BCUT2D eigenvalue weighted by molar-refractivity contribution is 7.20. The zero-order valence-corrected chi connectivity index (χ0v) is 33.9. The molecule has 12 rings (SSSR count). The zero-order chi connectivity index (χ0) is 40.3. The molecule has 0 spiro atoms. The molecule has 61 heavy (non-hydrogen) atoms. The molecule has 2 nitrogen and oxygen atoms in total. The van der Waals surface area contributed by atoms with Crippen molar-refractivity contribution in [3.05, 3.63) is 219 Å². The first kappa shape index (κ1) is 35.2. The molecule has 0 bridgehead atoms. The summed E-state index contributed by atoms with van der Waals surface area (Å²) in [6.45, 7) is 0. The maximum Gasteiger partial charge on any atom is 0.0972 e. The van der Waals surface area contributed by atoms with E-state index >= 15 is 0 Å². The van der Waals surface area contributed by atoms with Crippen LogP contribution in [-0.4, -0.2) is 9.97 Å². The summed E-state index contributed by atoms with van der Waals surface area (Å²) in [6, 6.07) is 77.0. The SMILES string of the molecule is c1ccc(-c2sc(-c3cc4ccccc4c4ccccc34)c(-c3ccccc3)c2-c2cccc(-c3ccc(-c4ccc5ccc6cccnc6c5n4)c4ccccc34)c2)cc1. The van der Waals surface area contributed by atoms with Crippen LogP contribution in [0.3, 0.4) is 0 Å². The highest BCUT2D eigenvalue weighted by atomic mass is 32.1. The molecule has 0 fully saturated rings. The zero-order valence-electron chi connectivity index (χ0n) is 33.1. The van der Waals surface area contributed by atoms with E-state index < -0.39 is 0 Å². The van der Waals surface area contributed by atoms with Crippen LogP contribution in [0.1, 0.15) is 0 Å². The lowest BCUT2D eigenvalue weighted by molar-refractivity contribution is 1.37. The Balaban J connectivity index is 1.08. The minimum absolute atomic E-state index is 0.923. The molecule has 0 saturated carbocycles. The smallest absolute Gasteiger partial charge is 0.0972 e. The molecule has 0 aliphatic carbocycles. The molecule has 3 heterocycles. The van der Waals surface area contributed by atoms with Crippen molar-refractivity contribution in [2.45, 2.75) is 0 Å². The van der Waals surface area contributed by atoms with Gasteiger partial charge in [0.1, 0.15) is 0 Å². The molecule has 0 aliphatic rings. The maximum atomic E-state index is 5.26. The van der Waals surface area contributed by atoms with E-state index in [0.717, 1.165) is 33.1 Å². The van der Waals surface area contributed by atoms with Gasteiger partial charge in [-0.15, -0.1) is 11.3 Å². The molecular formula is C58H36N2S. The van der Waals surface area contributed by atoms with Crippen molar-refractivity contribution in [3.8, 4) is 65.5 Å². The molecule has 0 atom stereocenters. The Labute approximate surface area is 357 Å². The van der Waals surface area contributed by atoms with Gasteiger partial charge in [-0.1, -0.05) is 188 Å². The number of hydrogen-bond donors (Lipinski definition) is 0. The van der Waals surface area contributed by atoms with E-state index in [2.05, 4.69) is 206 Å². The monoisotopic (exact) mass is 792 g/mol. The van der Waals surface area contributed by atoms with Gasteiger partial charge in [-0.25, -0.2) is 4.98 Å². The third-order valence-corrected chi connectivity index (χ3v) is 13.4. The summed E-state index contributed by atoms with van der Waals surface area (Å²) in [4.78, 5) is 12.5. The number of pyridine rings is 2. The average molecular weight is 793 g/mol. The molecule has 284 valence electrons. The second kappa shape index (κ2) is 14.5. The van der Waals surface area contributed by atoms with E-state index in [4.69, 9.17) is 9.97 Å². The highest BCUT2D eigenvalue weighted by Gasteiger charge is 2.25. The molecule has 0 amide bonds. The van der Waals surface area contributed by atoms with E-state index in [9.17, 15) is 0 Å². The van der Waals surface area contributed by atoms with Gasteiger partial charge in [-0.3, -0.25) is 4.98 Å². The second-order valence-electron chi connectivity index (χ2n) is 15.6. The van der Waals surface area contributed by atoms with Crippen molar-refractivity contribution in [2.75, 3.05) is 0 Å². The topological polar surface area (TPSA) is 25.8 Å². The Bertz CT molecular complexity index is 3640. The third kappa shape index (κ3) is 5.93. The average Bonchev–Trinajstić information content (AvgIpc) is 3.74. The number of thiophene rings is 1. The number of nitrogens with zero attached hydrogens (tertiary/aromatic N) is 2. The first-order valence-electron chi connectivity index (χ1n) is 20.7. The third-order valence-electron chi connectivity index (χ3n) is 12.1. The fourth-order valence-corrected chi connectivity index (χ4v) is 10.7. The van der Waals surface area contributed by atoms with Crippen molar-refractivity contribution in [3.63, 3.8) is 0 Å². The Morgan fingerprint density at radius 1 is 0.311 bits per heavy atom. The van der Waals surface area contributed by atoms with Crippen molar-refractivity contribution in [1.29, 1.82) is 0 Å². The van der Waals surface area contributed by atoms with E-state index in [0.29, 0.717) is 0 Å². The quantitative estimate of drug-likeness (QED) is 0.157. The standard InChI is InChI=1S/C58H36N2S/c1-3-15-37(16-4-1)53-54(57(40-17-5-2-6-18-40)61-58(53)51-36-42-19-7-8-23-44(42)46-24-10-12-27-49(46)51)43-21-13-20-41(35-43)45-31-32-50(48-26-11-9-25-47(45)48)52-33-30-39-29-28-38-22-14-34-59-55(38)56(39)60-52/h1-36H. The van der Waals surface area contributed by atoms with E-state index in [1.54, 1.807) is 0 Å². The van der Waals surface area contributed by atoms with Crippen LogP contribution in [-0.2, 0) is 0 Å². The summed E-state index contributed by atoms with van der Waals surface area (Å²) >= 11 is 1.90. The predicted molar refractivity (Wildman–Crippen MR) is 260 cm³/mol. The van der Waals surface area contributed by atoms with Crippen LogP contribution in [0.5, 0.6) is 0 Å². The molecular weight excluding hydrogens is 757 g/mol. The number of fused-ring (bicyclic) bond motifs is 7. The van der Waals surface area contributed by atoms with Gasteiger partial charge in [0.2, 0.25) is 0 Å². The molecule has 12 aromatic rings. The lowest BCUT2D eigenvalue weighted by Gasteiger charge is -2.15. The molecule has 0 aliphatic heterocycles. The molecule has 0 unspecified atom stereocenters. The van der Waals surface area contributed by atoms with E-state index in [1.807, 2.05) is 23.6 Å². The molecule has 0 N–H and O–H groups in total. The van der Waals surface area contributed by atoms with Crippen molar-refractivity contribution in [2.24, 2.45) is 0 Å². The van der Waals surface area contributed by atoms with Gasteiger partial charge in [0.15, 0.2) is 0 Å². The summed E-state index contributed by atoms with van der Waals surface area (Å²) < 4.78 is 0. The van der Waals surface area contributed by atoms with Crippen LogP contribution in [0.4, 0.5) is 0 Å². The van der Waals surface area contributed by atoms with Crippen LogP contribution in [0.2, 0.25) is 0 Å². The van der Waals surface area contributed by atoms with Gasteiger partial charge < -0.3 is 0 Å². The Hall–Kier alpha value is -7.72. The largest absolute Gasteiger partial charge is 0.254 e. The summed E-state index contributed by atoms with van der Waals surface area (Å²) in [7, 11) is 0. The number of hydrogen-bond acceptors (Lipinski definition) is 3. The normalized spacial score (nSPS) is 11.6. The van der Waals surface area contributed by atoms with Crippen LogP contribution >= 0.6 is 11.3 Å². The van der Waals surface area contributed by atoms with Crippen molar-refractivity contribution >= 4 is 65.5 Å². The van der Waals surface area contributed by atoms with Crippen LogP contribution in [0, 0.1) is 0 Å². The fraction of sp³-hybridized carbons (Fsp3) is 0. The van der Waals surface area contributed by atoms with Crippen LogP contribution in [0.25, 0.3) is 120 Å². The Kier molecular flexibility index (Phi) is 8.39. The molecule has 3 heteroatoms. The van der Waals surface area contributed by atoms with E-state index in [-0.39, 0.29) is 0 Å². The van der Waals surface area contributed by atoms with E-state index in [1.165, 1.54) is 86.6 Å². The van der Waals surface area contributed by atoms with Gasteiger partial charge in [0, 0.05) is 49.0 Å². The fourth-order valence-electron chi connectivity index (χ4n) is 9.30. The van der Waals surface area contributed by atoms with Gasteiger partial charge in [-0.05, 0) is 84.4 Å². The Morgan fingerprint density at radius 3 is 1.66 bits per heavy atom. The lowest BCUT2D eigenvalue weighted by Crippen LogP contribution is -1.91. The first-order valence-corrected chi connectivity index (χ1v) is 21.5. The van der Waals surface area contributed by atoms with Crippen LogP contribution < -0.4 is 0 Å². The molecule has 3 aromatic heterocycles. The number of aromatic nitrogens is 2. The summed E-state index contributed by atoms with van der Waals surface area (Å²) in [6.07, 6.45) is 1.85. The number of rotatable bonds is 6.